The summed E-state index contributed by atoms with van der Waals surface area (Å²) in [7, 11) is 0. The van der Waals surface area contributed by atoms with E-state index in [9.17, 15) is 10.2 Å². The van der Waals surface area contributed by atoms with E-state index in [-0.39, 0.29) is 5.41 Å². The molecule has 0 aromatic rings. The van der Waals surface area contributed by atoms with Crippen molar-refractivity contribution in [1.29, 1.82) is 0 Å². The fourth-order valence-corrected chi connectivity index (χ4v) is 6.14. The molecule has 122 valence electrons. The van der Waals surface area contributed by atoms with Gasteiger partial charge in [-0.05, 0) is 73.5 Å². The lowest BCUT2D eigenvalue weighted by Crippen LogP contribution is -2.53. The van der Waals surface area contributed by atoms with Crippen LogP contribution in [-0.4, -0.2) is 15.8 Å². The molecule has 0 bridgehead atoms. The molecule has 0 spiro atoms. The van der Waals surface area contributed by atoms with Gasteiger partial charge < -0.3 is 10.2 Å². The van der Waals surface area contributed by atoms with Crippen LogP contribution in [0.15, 0.2) is 35.6 Å². The highest BCUT2D eigenvalue weighted by molar-refractivity contribution is 5.37. The Labute approximate surface area is 139 Å². The van der Waals surface area contributed by atoms with Crippen molar-refractivity contribution >= 4 is 0 Å². The number of hydrogen-bond donors (Lipinski definition) is 2. The monoisotopic (exact) mass is 310 g/mol. The van der Waals surface area contributed by atoms with Gasteiger partial charge in [0.2, 0.25) is 0 Å². The van der Waals surface area contributed by atoms with Crippen LogP contribution in [0.4, 0.5) is 0 Å². The Kier molecular flexibility index (Phi) is 3.29. The molecule has 1 saturated carbocycles. The third-order valence-corrected chi connectivity index (χ3v) is 7.34. The molecule has 2 heteroatoms. The first-order chi connectivity index (χ1) is 11.0. The van der Waals surface area contributed by atoms with Crippen molar-refractivity contribution in [2.75, 3.05) is 0 Å². The van der Waals surface area contributed by atoms with Gasteiger partial charge in [-0.25, -0.2) is 0 Å². The van der Waals surface area contributed by atoms with E-state index in [1.165, 1.54) is 5.57 Å². The summed E-state index contributed by atoms with van der Waals surface area (Å²) >= 11 is 0. The highest BCUT2D eigenvalue weighted by atomic mass is 16.3. The van der Waals surface area contributed by atoms with Gasteiger partial charge in [0.1, 0.15) is 5.60 Å². The van der Waals surface area contributed by atoms with Gasteiger partial charge in [0.15, 0.2) is 0 Å². The smallest absolute Gasteiger partial charge is 0.149 e. The van der Waals surface area contributed by atoms with Gasteiger partial charge in [-0.15, -0.1) is 6.42 Å². The second kappa shape index (κ2) is 5.02. The molecule has 0 aromatic carbocycles. The predicted molar refractivity (Wildman–Crippen MR) is 91.5 cm³/mol. The Morgan fingerprint density at radius 2 is 2.17 bits per heavy atom. The quantitative estimate of drug-likeness (QED) is 0.564. The Morgan fingerprint density at radius 1 is 1.35 bits per heavy atom. The Hall–Kier alpha value is -1.46. The molecule has 0 amide bonds. The highest BCUT2D eigenvalue weighted by Gasteiger charge is 2.60. The molecule has 6 atom stereocenters. The fraction of sp³-hybridized carbons (Fsp3) is 0.619. The number of rotatable bonds is 1. The molecule has 4 rings (SSSR count). The van der Waals surface area contributed by atoms with E-state index in [2.05, 4.69) is 25.0 Å². The first kappa shape index (κ1) is 15.1. The van der Waals surface area contributed by atoms with Crippen molar-refractivity contribution < 1.29 is 10.2 Å². The molecule has 0 heterocycles. The lowest BCUT2D eigenvalue weighted by atomic mass is 9.50. The van der Waals surface area contributed by atoms with E-state index < -0.39 is 5.60 Å². The number of terminal acetylenes is 1. The van der Waals surface area contributed by atoms with Gasteiger partial charge in [0.05, 0.1) is 5.76 Å². The van der Waals surface area contributed by atoms with Crippen LogP contribution < -0.4 is 0 Å². The van der Waals surface area contributed by atoms with Crippen LogP contribution in [0.25, 0.3) is 0 Å². The maximum atomic E-state index is 11.0. The average molecular weight is 310 g/mol. The summed E-state index contributed by atoms with van der Waals surface area (Å²) in [6.45, 7) is 2.17. The topological polar surface area (TPSA) is 40.5 Å². The summed E-state index contributed by atoms with van der Waals surface area (Å²) in [6.07, 6.45) is 20.1. The van der Waals surface area contributed by atoms with Gasteiger partial charge in [0, 0.05) is 11.8 Å². The lowest BCUT2D eigenvalue weighted by molar-refractivity contribution is -0.0822. The van der Waals surface area contributed by atoms with Crippen LogP contribution >= 0.6 is 0 Å². The maximum Gasteiger partial charge on any atom is 0.149 e. The summed E-state index contributed by atoms with van der Waals surface area (Å²) in [5.74, 6) is 5.42. The normalized spacial score (nSPS) is 47.7. The van der Waals surface area contributed by atoms with Crippen molar-refractivity contribution in [2.45, 2.75) is 51.0 Å². The zero-order valence-corrected chi connectivity index (χ0v) is 13.8. The summed E-state index contributed by atoms with van der Waals surface area (Å²) in [4.78, 5) is 0. The molecular formula is C21H26O2. The Bertz CT molecular complexity index is 649. The molecule has 23 heavy (non-hydrogen) atoms. The van der Waals surface area contributed by atoms with E-state index >= 15 is 0 Å². The molecule has 4 aliphatic rings. The first-order valence-corrected chi connectivity index (χ1v) is 9.04. The summed E-state index contributed by atoms with van der Waals surface area (Å²) < 4.78 is 0. The van der Waals surface area contributed by atoms with Gasteiger partial charge in [0.25, 0.3) is 0 Å². The lowest BCUT2D eigenvalue weighted by Gasteiger charge is -2.55. The number of aliphatic hydroxyl groups is 2. The Morgan fingerprint density at radius 3 is 2.91 bits per heavy atom. The van der Waals surface area contributed by atoms with Gasteiger partial charge in [-0.3, -0.25) is 0 Å². The molecule has 0 radical (unpaired) electrons. The minimum atomic E-state index is -1.08. The van der Waals surface area contributed by atoms with E-state index in [0.29, 0.717) is 29.4 Å². The number of aliphatic hydroxyl groups excluding tert-OH is 1. The molecule has 0 aromatic heterocycles. The predicted octanol–water partition coefficient (Wildman–Crippen LogP) is 4.14. The third-order valence-electron chi connectivity index (χ3n) is 7.34. The largest absolute Gasteiger partial charge is 0.512 e. The second-order valence-electron chi connectivity index (χ2n) is 7.89. The van der Waals surface area contributed by atoms with E-state index in [0.717, 1.165) is 38.5 Å². The highest BCUT2D eigenvalue weighted by Crippen LogP contribution is 2.63. The maximum absolute atomic E-state index is 11.0. The third kappa shape index (κ3) is 1.86. The van der Waals surface area contributed by atoms with Crippen molar-refractivity contribution in [3.05, 3.63) is 35.6 Å². The van der Waals surface area contributed by atoms with Crippen LogP contribution in [0.1, 0.15) is 45.4 Å². The molecule has 0 saturated heterocycles. The minimum absolute atomic E-state index is 0.180. The van der Waals surface area contributed by atoms with Crippen LogP contribution in [0, 0.1) is 41.4 Å². The minimum Gasteiger partial charge on any atom is -0.512 e. The van der Waals surface area contributed by atoms with Crippen molar-refractivity contribution in [2.24, 2.45) is 29.1 Å². The Balaban J connectivity index is 1.71. The molecule has 2 N–H and O–H groups in total. The number of hydrogen-bond acceptors (Lipinski definition) is 2. The van der Waals surface area contributed by atoms with Crippen molar-refractivity contribution in [3.8, 4) is 12.3 Å². The zero-order valence-electron chi connectivity index (χ0n) is 13.8. The van der Waals surface area contributed by atoms with Crippen LogP contribution in [0.5, 0.6) is 0 Å². The summed E-state index contributed by atoms with van der Waals surface area (Å²) in [5, 5.41) is 20.9. The summed E-state index contributed by atoms with van der Waals surface area (Å²) in [5.41, 5.74) is 0.0840. The first-order valence-electron chi connectivity index (χ1n) is 9.04. The number of fused-ring (bicyclic) bond motifs is 5. The van der Waals surface area contributed by atoms with E-state index in [1.54, 1.807) is 0 Å². The standard InChI is InChI=1S/C21H26O2/c1-3-20-11-9-17-16-8-6-15(22)13-14(16)5-7-18(17)19(20)10-12-21(20,23)4-2/h2,5,10,12-13,16-19,22-23H,3,6-9,11H2,1H3/t16-,17+,18+,19-,20-,21-/m0/s1. The summed E-state index contributed by atoms with van der Waals surface area (Å²) in [6, 6.07) is 0. The van der Waals surface area contributed by atoms with Crippen LogP contribution in [0.3, 0.4) is 0 Å². The van der Waals surface area contributed by atoms with E-state index in [4.69, 9.17) is 6.42 Å². The van der Waals surface area contributed by atoms with Gasteiger partial charge >= 0.3 is 0 Å². The fourth-order valence-electron chi connectivity index (χ4n) is 6.14. The zero-order chi connectivity index (χ0) is 16.2. The SMILES string of the molecule is C#C[C@]1(O)C=C[C@H]2[C@@H]3CC=C4C=C(O)CC[C@@H]4[C@H]3CC[C@@]21CC. The molecular weight excluding hydrogens is 284 g/mol. The molecule has 2 nitrogen and oxygen atoms in total. The van der Waals surface area contributed by atoms with Crippen molar-refractivity contribution in [1.82, 2.24) is 0 Å². The molecule has 0 aliphatic heterocycles. The second-order valence-corrected chi connectivity index (χ2v) is 7.89. The number of allylic oxidation sites excluding steroid dienone is 5. The van der Waals surface area contributed by atoms with Crippen LogP contribution in [-0.2, 0) is 0 Å². The molecule has 0 unspecified atom stereocenters. The average Bonchev–Trinajstić information content (AvgIpc) is 2.88. The van der Waals surface area contributed by atoms with Gasteiger partial charge in [-0.1, -0.05) is 25.0 Å². The van der Waals surface area contributed by atoms with Crippen molar-refractivity contribution in [3.63, 3.8) is 0 Å². The molecule has 1 fully saturated rings. The van der Waals surface area contributed by atoms with Crippen LogP contribution in [0.2, 0.25) is 0 Å². The van der Waals surface area contributed by atoms with E-state index in [1.807, 2.05) is 12.2 Å². The van der Waals surface area contributed by atoms with Gasteiger partial charge in [-0.2, -0.15) is 0 Å². The molecule has 4 aliphatic carbocycles.